The molecule has 100 valence electrons. The summed E-state index contributed by atoms with van der Waals surface area (Å²) < 4.78 is 0.776. The Kier molecular flexibility index (Phi) is 3.61. The van der Waals surface area contributed by atoms with Gasteiger partial charge in [-0.05, 0) is 63.8 Å². The van der Waals surface area contributed by atoms with Gasteiger partial charge in [-0.2, -0.15) is 0 Å². The molecule has 0 saturated carbocycles. The molecular formula is C16H26S2+2. The number of rotatable bonds is 2. The minimum absolute atomic E-state index is 0.388. The van der Waals surface area contributed by atoms with Crippen LogP contribution in [0.15, 0.2) is 24.3 Å². The number of hydrogen-bond acceptors (Lipinski definition) is 0. The number of hydrogen-bond donors (Lipinski definition) is 0. The monoisotopic (exact) mass is 282 g/mol. The van der Waals surface area contributed by atoms with Crippen molar-refractivity contribution in [2.24, 2.45) is 0 Å². The maximum absolute atomic E-state index is 2.58. The average Bonchev–Trinajstić information content (AvgIpc) is 3.05. The topological polar surface area (TPSA) is 0 Å². The summed E-state index contributed by atoms with van der Waals surface area (Å²) in [5.74, 6) is 5.86. The summed E-state index contributed by atoms with van der Waals surface area (Å²) >= 11 is 0. The Morgan fingerprint density at radius 3 is 1.17 bits per heavy atom. The standard InChI is InChI=1S/C16H26S2/c1-15(17-11-3-4-12-17)7-9-16(2,10-8-15)18-13-5-6-14-18/h7-10H,3-6,11-14H2,1-2H3/q+2. The van der Waals surface area contributed by atoms with Crippen LogP contribution in [0.3, 0.4) is 0 Å². The van der Waals surface area contributed by atoms with Gasteiger partial charge in [-0.1, -0.05) is 0 Å². The van der Waals surface area contributed by atoms with E-state index in [2.05, 4.69) is 38.2 Å². The SMILES string of the molecule is CC1([S+]2CCCC2)C=CC(C)([S+]2CCCC2)C=C1. The third-order valence-corrected chi connectivity index (χ3v) is 11.0. The van der Waals surface area contributed by atoms with Crippen molar-refractivity contribution in [2.75, 3.05) is 23.0 Å². The van der Waals surface area contributed by atoms with Gasteiger partial charge in [0.15, 0.2) is 9.49 Å². The largest absolute Gasteiger partial charge is 0.162 e. The first-order valence-electron chi connectivity index (χ1n) is 7.38. The van der Waals surface area contributed by atoms with Gasteiger partial charge in [0.25, 0.3) is 0 Å². The highest BCUT2D eigenvalue weighted by Gasteiger charge is 2.48. The van der Waals surface area contributed by atoms with Crippen molar-refractivity contribution in [1.29, 1.82) is 0 Å². The molecule has 0 spiro atoms. The van der Waals surface area contributed by atoms with Gasteiger partial charge in [-0.25, -0.2) is 0 Å². The summed E-state index contributed by atoms with van der Waals surface area (Å²) in [6.07, 6.45) is 16.1. The minimum Gasteiger partial charge on any atom is -0.0241 e. The Morgan fingerprint density at radius 1 is 0.611 bits per heavy atom. The summed E-state index contributed by atoms with van der Waals surface area (Å²) in [6, 6.07) is 0. The zero-order chi connectivity index (χ0) is 12.6. The van der Waals surface area contributed by atoms with E-state index in [1.54, 1.807) is 0 Å². The molecule has 0 atom stereocenters. The second-order valence-electron chi connectivity index (χ2n) is 6.25. The van der Waals surface area contributed by atoms with E-state index in [9.17, 15) is 0 Å². The van der Waals surface area contributed by atoms with Crippen LogP contribution in [0.2, 0.25) is 0 Å². The summed E-state index contributed by atoms with van der Waals surface area (Å²) in [4.78, 5) is 0. The molecule has 0 nitrogen and oxygen atoms in total. The Morgan fingerprint density at radius 2 is 0.889 bits per heavy atom. The van der Waals surface area contributed by atoms with Crippen LogP contribution in [-0.4, -0.2) is 32.5 Å². The Labute approximate surface area is 118 Å². The molecule has 2 heterocycles. The Balaban J connectivity index is 1.75. The minimum atomic E-state index is 0.388. The predicted octanol–water partition coefficient (Wildman–Crippen LogP) is 3.45. The van der Waals surface area contributed by atoms with Crippen LogP contribution in [0, 0.1) is 0 Å². The average molecular weight is 283 g/mol. The molecule has 0 aromatic rings. The summed E-state index contributed by atoms with van der Waals surface area (Å²) in [5.41, 5.74) is 0. The van der Waals surface area contributed by atoms with Gasteiger partial charge in [0, 0.05) is 21.8 Å². The Hall–Kier alpha value is 0.180. The Bertz CT molecular complexity index is 309. The molecule has 2 saturated heterocycles. The first kappa shape index (κ1) is 13.2. The molecular weight excluding hydrogens is 256 g/mol. The van der Waals surface area contributed by atoms with Crippen molar-refractivity contribution in [2.45, 2.75) is 49.0 Å². The van der Waals surface area contributed by atoms with E-state index < -0.39 is 0 Å². The lowest BCUT2D eigenvalue weighted by Gasteiger charge is -2.29. The van der Waals surface area contributed by atoms with Crippen molar-refractivity contribution in [3.63, 3.8) is 0 Å². The lowest BCUT2D eigenvalue weighted by molar-refractivity contribution is 0.882. The molecule has 0 bridgehead atoms. The van der Waals surface area contributed by atoms with Crippen LogP contribution >= 0.6 is 0 Å². The fourth-order valence-electron chi connectivity index (χ4n) is 3.35. The van der Waals surface area contributed by atoms with Crippen molar-refractivity contribution < 1.29 is 0 Å². The maximum atomic E-state index is 2.58. The van der Waals surface area contributed by atoms with Gasteiger partial charge in [0.2, 0.25) is 0 Å². The maximum Gasteiger partial charge on any atom is 0.162 e. The molecule has 1 aliphatic carbocycles. The van der Waals surface area contributed by atoms with E-state index in [1.165, 1.54) is 48.7 Å². The lowest BCUT2D eigenvalue weighted by atomic mass is 9.97. The van der Waals surface area contributed by atoms with Crippen LogP contribution in [-0.2, 0) is 21.8 Å². The van der Waals surface area contributed by atoms with Gasteiger partial charge < -0.3 is 0 Å². The molecule has 3 rings (SSSR count). The fourth-order valence-corrected chi connectivity index (χ4v) is 8.77. The zero-order valence-electron chi connectivity index (χ0n) is 11.8. The second-order valence-corrected chi connectivity index (χ2v) is 11.6. The van der Waals surface area contributed by atoms with Gasteiger partial charge in [0.05, 0.1) is 0 Å². The van der Waals surface area contributed by atoms with E-state index in [-0.39, 0.29) is 0 Å². The lowest BCUT2D eigenvalue weighted by Crippen LogP contribution is -2.41. The smallest absolute Gasteiger partial charge is 0.0241 e. The first-order valence-corrected chi connectivity index (χ1v) is 10.5. The van der Waals surface area contributed by atoms with E-state index in [4.69, 9.17) is 0 Å². The van der Waals surface area contributed by atoms with E-state index in [0.29, 0.717) is 31.3 Å². The molecule has 0 radical (unpaired) electrons. The molecule has 0 amide bonds. The summed E-state index contributed by atoms with van der Waals surface area (Å²) in [6.45, 7) is 4.93. The van der Waals surface area contributed by atoms with Crippen molar-refractivity contribution in [3.05, 3.63) is 24.3 Å². The molecule has 2 fully saturated rings. The molecule has 0 aromatic heterocycles. The van der Waals surface area contributed by atoms with Crippen molar-refractivity contribution >= 4 is 21.8 Å². The summed E-state index contributed by atoms with van der Waals surface area (Å²) in [7, 11) is 1.23. The van der Waals surface area contributed by atoms with Gasteiger partial charge in [0.1, 0.15) is 23.0 Å². The quantitative estimate of drug-likeness (QED) is 0.537. The van der Waals surface area contributed by atoms with Gasteiger partial charge >= 0.3 is 0 Å². The normalized spacial score (nSPS) is 41.9. The third-order valence-electron chi connectivity index (χ3n) is 4.80. The zero-order valence-corrected chi connectivity index (χ0v) is 13.4. The van der Waals surface area contributed by atoms with Crippen LogP contribution in [0.1, 0.15) is 39.5 Å². The van der Waals surface area contributed by atoms with Gasteiger partial charge in [-0.15, -0.1) is 0 Å². The van der Waals surface area contributed by atoms with Crippen LogP contribution in [0.5, 0.6) is 0 Å². The molecule has 2 heteroatoms. The third kappa shape index (κ3) is 2.31. The van der Waals surface area contributed by atoms with Gasteiger partial charge in [-0.3, -0.25) is 0 Å². The molecule has 18 heavy (non-hydrogen) atoms. The molecule has 0 N–H and O–H groups in total. The van der Waals surface area contributed by atoms with E-state index >= 15 is 0 Å². The van der Waals surface area contributed by atoms with Crippen LogP contribution in [0.4, 0.5) is 0 Å². The van der Waals surface area contributed by atoms with Crippen LogP contribution < -0.4 is 0 Å². The molecule has 0 unspecified atom stereocenters. The second kappa shape index (κ2) is 4.94. The molecule has 3 aliphatic rings. The highest BCUT2D eigenvalue weighted by Crippen LogP contribution is 2.39. The highest BCUT2D eigenvalue weighted by atomic mass is 32.2. The van der Waals surface area contributed by atoms with Crippen molar-refractivity contribution in [3.8, 4) is 0 Å². The van der Waals surface area contributed by atoms with E-state index in [1.807, 2.05) is 0 Å². The fraction of sp³-hybridized carbons (Fsp3) is 0.750. The molecule has 2 aliphatic heterocycles. The van der Waals surface area contributed by atoms with E-state index in [0.717, 1.165) is 0 Å². The van der Waals surface area contributed by atoms with Crippen molar-refractivity contribution in [1.82, 2.24) is 0 Å². The predicted molar refractivity (Wildman–Crippen MR) is 87.8 cm³/mol. The highest BCUT2D eigenvalue weighted by molar-refractivity contribution is 7.99. The molecule has 0 aromatic carbocycles. The van der Waals surface area contributed by atoms with Crippen LogP contribution in [0.25, 0.3) is 0 Å². The summed E-state index contributed by atoms with van der Waals surface area (Å²) in [5, 5.41) is 0. The first-order chi connectivity index (χ1) is 8.62.